The third-order valence-corrected chi connectivity index (χ3v) is 2.65. The maximum absolute atomic E-state index is 11.9. The molecule has 0 saturated carbocycles. The molecular weight excluding hydrogens is 260 g/mol. The molecule has 0 saturated heterocycles. The maximum Gasteiger partial charge on any atom is 0.278 e. The first-order chi connectivity index (χ1) is 9.63. The smallest absolute Gasteiger partial charge is 0.278 e. The second-order valence-electron chi connectivity index (χ2n) is 4.00. The first-order valence-electron chi connectivity index (χ1n) is 6.23. The summed E-state index contributed by atoms with van der Waals surface area (Å²) < 4.78 is 0. The van der Waals surface area contributed by atoms with Crippen molar-refractivity contribution in [2.24, 2.45) is 0 Å². The standard InChI is InChI=1S/C12H14N6O2/c1-3-7-8(4-2)15-18-12(13-7)14-11(20)9-5-6-10(19)17-16-9/h5-6H,3-4H2,1-2H3,(H,17,19)(H,13,14,18,20). The van der Waals surface area contributed by atoms with Crippen molar-refractivity contribution >= 4 is 11.9 Å². The zero-order valence-corrected chi connectivity index (χ0v) is 11.2. The van der Waals surface area contributed by atoms with Crippen LogP contribution in [0.2, 0.25) is 0 Å². The number of aromatic nitrogens is 5. The fraction of sp³-hybridized carbons (Fsp3) is 0.333. The molecule has 0 atom stereocenters. The highest BCUT2D eigenvalue weighted by Crippen LogP contribution is 2.07. The molecule has 0 aliphatic rings. The van der Waals surface area contributed by atoms with Crippen LogP contribution in [0.25, 0.3) is 0 Å². The predicted octanol–water partition coefficient (Wildman–Crippen LogP) is 0.332. The molecule has 20 heavy (non-hydrogen) atoms. The molecule has 1 amide bonds. The Bertz CT molecular complexity index is 661. The molecule has 8 heteroatoms. The molecule has 0 spiro atoms. The molecule has 0 aliphatic heterocycles. The Morgan fingerprint density at radius 3 is 2.55 bits per heavy atom. The lowest BCUT2D eigenvalue weighted by atomic mass is 10.2. The van der Waals surface area contributed by atoms with E-state index < -0.39 is 5.91 Å². The number of hydrogen-bond acceptors (Lipinski definition) is 6. The number of aromatic amines is 1. The molecule has 0 bridgehead atoms. The molecule has 104 valence electrons. The quantitative estimate of drug-likeness (QED) is 0.830. The van der Waals surface area contributed by atoms with Crippen LogP contribution in [-0.2, 0) is 12.8 Å². The molecule has 8 nitrogen and oxygen atoms in total. The van der Waals surface area contributed by atoms with Crippen LogP contribution in [0.3, 0.4) is 0 Å². The summed E-state index contributed by atoms with van der Waals surface area (Å²) in [5, 5.41) is 16.2. The number of hydrogen-bond donors (Lipinski definition) is 2. The van der Waals surface area contributed by atoms with Gasteiger partial charge in [-0.3, -0.25) is 14.9 Å². The van der Waals surface area contributed by atoms with Crippen LogP contribution >= 0.6 is 0 Å². The summed E-state index contributed by atoms with van der Waals surface area (Å²) in [6.45, 7) is 3.92. The molecule has 0 aliphatic carbocycles. The van der Waals surface area contributed by atoms with Gasteiger partial charge in [0.15, 0.2) is 0 Å². The monoisotopic (exact) mass is 274 g/mol. The van der Waals surface area contributed by atoms with Crippen LogP contribution in [0.5, 0.6) is 0 Å². The molecule has 2 aromatic rings. The van der Waals surface area contributed by atoms with Crippen molar-refractivity contribution in [2.45, 2.75) is 26.7 Å². The Morgan fingerprint density at radius 2 is 1.95 bits per heavy atom. The summed E-state index contributed by atoms with van der Waals surface area (Å²) in [4.78, 5) is 27.0. The van der Waals surface area contributed by atoms with Crippen LogP contribution in [-0.4, -0.2) is 31.3 Å². The van der Waals surface area contributed by atoms with E-state index in [-0.39, 0.29) is 17.2 Å². The fourth-order valence-electron chi connectivity index (χ4n) is 1.63. The second-order valence-corrected chi connectivity index (χ2v) is 4.00. The lowest BCUT2D eigenvalue weighted by Crippen LogP contribution is -2.20. The van der Waals surface area contributed by atoms with E-state index in [1.54, 1.807) is 0 Å². The van der Waals surface area contributed by atoms with Gasteiger partial charge in [0.05, 0.1) is 11.4 Å². The number of aryl methyl sites for hydroxylation is 2. The molecule has 2 rings (SSSR count). The Hall–Kier alpha value is -2.64. The predicted molar refractivity (Wildman–Crippen MR) is 71.4 cm³/mol. The lowest BCUT2D eigenvalue weighted by molar-refractivity contribution is 0.102. The summed E-state index contributed by atoms with van der Waals surface area (Å²) >= 11 is 0. The number of H-pyrrole nitrogens is 1. The zero-order valence-electron chi connectivity index (χ0n) is 11.2. The van der Waals surface area contributed by atoms with E-state index in [4.69, 9.17) is 0 Å². The summed E-state index contributed by atoms with van der Waals surface area (Å²) in [6, 6.07) is 2.54. The van der Waals surface area contributed by atoms with E-state index in [0.717, 1.165) is 17.8 Å². The van der Waals surface area contributed by atoms with E-state index in [1.807, 2.05) is 13.8 Å². The summed E-state index contributed by atoms with van der Waals surface area (Å²) in [7, 11) is 0. The summed E-state index contributed by atoms with van der Waals surface area (Å²) in [5.74, 6) is -0.383. The van der Waals surface area contributed by atoms with Crippen LogP contribution in [0.4, 0.5) is 5.95 Å². The van der Waals surface area contributed by atoms with E-state index in [1.165, 1.54) is 12.1 Å². The van der Waals surface area contributed by atoms with Gasteiger partial charge in [-0.25, -0.2) is 10.1 Å². The average molecular weight is 274 g/mol. The highest BCUT2D eigenvalue weighted by atomic mass is 16.2. The van der Waals surface area contributed by atoms with E-state index in [9.17, 15) is 9.59 Å². The number of carbonyl (C=O) groups excluding carboxylic acids is 1. The van der Waals surface area contributed by atoms with Crippen molar-refractivity contribution in [3.05, 3.63) is 39.6 Å². The fourth-order valence-corrected chi connectivity index (χ4v) is 1.63. The van der Waals surface area contributed by atoms with Gasteiger partial charge in [0.1, 0.15) is 5.69 Å². The summed E-state index contributed by atoms with van der Waals surface area (Å²) in [6.07, 6.45) is 1.44. The third kappa shape index (κ3) is 3.02. The Labute approximate surface area is 114 Å². The van der Waals surface area contributed by atoms with Crippen LogP contribution in [0.1, 0.15) is 35.7 Å². The molecule has 2 aromatic heterocycles. The Kier molecular flexibility index (Phi) is 4.14. The first kappa shape index (κ1) is 13.8. The number of amides is 1. The largest absolute Gasteiger partial charge is 0.288 e. The molecule has 0 radical (unpaired) electrons. The van der Waals surface area contributed by atoms with Gasteiger partial charge in [0.2, 0.25) is 5.95 Å². The van der Waals surface area contributed by atoms with Crippen molar-refractivity contribution in [1.82, 2.24) is 25.4 Å². The second kappa shape index (κ2) is 6.00. The van der Waals surface area contributed by atoms with Crippen LogP contribution in [0, 0.1) is 0 Å². The summed E-state index contributed by atoms with van der Waals surface area (Å²) in [5.41, 5.74) is 1.31. The Morgan fingerprint density at radius 1 is 1.20 bits per heavy atom. The first-order valence-corrected chi connectivity index (χ1v) is 6.23. The van der Waals surface area contributed by atoms with Gasteiger partial charge in [-0.1, -0.05) is 13.8 Å². The Balaban J connectivity index is 2.19. The lowest BCUT2D eigenvalue weighted by Gasteiger charge is -2.06. The van der Waals surface area contributed by atoms with Crippen molar-refractivity contribution in [3.8, 4) is 0 Å². The molecule has 2 N–H and O–H groups in total. The van der Waals surface area contributed by atoms with E-state index in [2.05, 4.69) is 30.7 Å². The van der Waals surface area contributed by atoms with Gasteiger partial charge in [0.25, 0.3) is 11.5 Å². The maximum atomic E-state index is 11.9. The molecule has 0 aromatic carbocycles. The molecule has 0 fully saturated rings. The highest BCUT2D eigenvalue weighted by Gasteiger charge is 2.12. The third-order valence-electron chi connectivity index (χ3n) is 2.65. The normalized spacial score (nSPS) is 10.3. The number of rotatable bonds is 4. The zero-order chi connectivity index (χ0) is 14.5. The van der Waals surface area contributed by atoms with Crippen LogP contribution in [0.15, 0.2) is 16.9 Å². The van der Waals surface area contributed by atoms with E-state index in [0.29, 0.717) is 6.42 Å². The van der Waals surface area contributed by atoms with Gasteiger partial charge >= 0.3 is 0 Å². The van der Waals surface area contributed by atoms with Gasteiger partial charge in [-0.05, 0) is 18.9 Å². The van der Waals surface area contributed by atoms with Gasteiger partial charge < -0.3 is 0 Å². The minimum atomic E-state index is -0.505. The van der Waals surface area contributed by atoms with Crippen LogP contribution < -0.4 is 10.9 Å². The van der Waals surface area contributed by atoms with Gasteiger partial charge in [-0.15, -0.1) is 10.2 Å². The van der Waals surface area contributed by atoms with E-state index >= 15 is 0 Å². The minimum Gasteiger partial charge on any atom is -0.288 e. The van der Waals surface area contributed by atoms with Gasteiger partial charge in [0, 0.05) is 6.07 Å². The number of nitrogens with one attached hydrogen (secondary N) is 2. The van der Waals surface area contributed by atoms with Crippen molar-refractivity contribution in [3.63, 3.8) is 0 Å². The number of anilines is 1. The highest BCUT2D eigenvalue weighted by molar-refractivity contribution is 6.01. The van der Waals surface area contributed by atoms with Crippen molar-refractivity contribution < 1.29 is 4.79 Å². The molecule has 0 unspecified atom stereocenters. The molecular formula is C12H14N6O2. The van der Waals surface area contributed by atoms with Crippen molar-refractivity contribution in [1.29, 1.82) is 0 Å². The SMILES string of the molecule is CCc1nnc(NC(=O)c2ccc(=O)[nH]n2)nc1CC. The number of nitrogens with zero attached hydrogens (tertiary/aromatic N) is 4. The van der Waals surface area contributed by atoms with Gasteiger partial charge in [-0.2, -0.15) is 5.10 Å². The average Bonchev–Trinajstić information content (AvgIpc) is 2.47. The number of carbonyl (C=O) groups is 1. The topological polar surface area (TPSA) is 114 Å². The molecule has 2 heterocycles. The minimum absolute atomic E-state index is 0.0748. The van der Waals surface area contributed by atoms with Crippen molar-refractivity contribution in [2.75, 3.05) is 5.32 Å².